The lowest BCUT2D eigenvalue weighted by molar-refractivity contribution is -0.137. The number of fused-ring (bicyclic) bond motifs is 1. The molecular formula is C17H15F3N4O3. The van der Waals surface area contributed by atoms with Crippen LogP contribution in [0.5, 0.6) is 5.75 Å². The first-order chi connectivity index (χ1) is 12.8. The number of hydrogen-bond donors (Lipinski definition) is 3. The fraction of sp³-hybridized carbons (Fsp3) is 0.235. The zero-order valence-electron chi connectivity index (χ0n) is 14.1. The van der Waals surface area contributed by atoms with Crippen LogP contribution >= 0.6 is 0 Å². The number of benzene rings is 1. The summed E-state index contributed by atoms with van der Waals surface area (Å²) in [4.78, 5) is 27.9. The van der Waals surface area contributed by atoms with E-state index in [2.05, 4.69) is 20.9 Å². The summed E-state index contributed by atoms with van der Waals surface area (Å²) in [6.45, 7) is 1.95. The molecule has 27 heavy (non-hydrogen) atoms. The van der Waals surface area contributed by atoms with Crippen LogP contribution in [0, 0.1) is 0 Å². The van der Waals surface area contributed by atoms with Crippen molar-refractivity contribution in [3.8, 4) is 5.75 Å². The number of nitrogens with zero attached hydrogens (tertiary/aromatic N) is 1. The van der Waals surface area contributed by atoms with Crippen LogP contribution in [0.1, 0.15) is 22.8 Å². The van der Waals surface area contributed by atoms with Crippen LogP contribution < -0.4 is 20.7 Å². The fourth-order valence-corrected chi connectivity index (χ4v) is 2.46. The van der Waals surface area contributed by atoms with Gasteiger partial charge in [0.25, 0.3) is 5.91 Å². The minimum absolute atomic E-state index is 0.0630. The lowest BCUT2D eigenvalue weighted by atomic mass is 10.1. The van der Waals surface area contributed by atoms with E-state index in [1.165, 1.54) is 12.3 Å². The third kappa shape index (κ3) is 4.10. The maximum absolute atomic E-state index is 13.0. The van der Waals surface area contributed by atoms with Crippen molar-refractivity contribution in [1.29, 1.82) is 0 Å². The van der Waals surface area contributed by atoms with Gasteiger partial charge in [0.1, 0.15) is 11.6 Å². The van der Waals surface area contributed by atoms with Crippen molar-refractivity contribution < 1.29 is 27.5 Å². The maximum Gasteiger partial charge on any atom is 0.416 e. The number of rotatable bonds is 4. The molecule has 1 aromatic heterocycles. The summed E-state index contributed by atoms with van der Waals surface area (Å²) < 4.78 is 44.2. The molecule has 2 heterocycles. The van der Waals surface area contributed by atoms with Crippen molar-refractivity contribution >= 4 is 29.0 Å². The van der Waals surface area contributed by atoms with E-state index in [0.29, 0.717) is 11.5 Å². The van der Waals surface area contributed by atoms with Crippen LogP contribution in [0.3, 0.4) is 0 Å². The number of amides is 2. The quantitative estimate of drug-likeness (QED) is 0.758. The van der Waals surface area contributed by atoms with Gasteiger partial charge in [0.2, 0.25) is 5.91 Å². The molecule has 10 heteroatoms. The lowest BCUT2D eigenvalue weighted by Gasteiger charge is -2.18. The van der Waals surface area contributed by atoms with Crippen LogP contribution in [-0.4, -0.2) is 29.9 Å². The van der Waals surface area contributed by atoms with Crippen molar-refractivity contribution in [2.45, 2.75) is 13.1 Å². The number of carbonyl (C=O) groups is 2. The lowest BCUT2D eigenvalue weighted by Crippen LogP contribution is -2.28. The van der Waals surface area contributed by atoms with E-state index < -0.39 is 17.6 Å². The van der Waals surface area contributed by atoms with Crippen LogP contribution in [0.25, 0.3) is 0 Å². The van der Waals surface area contributed by atoms with Crippen LogP contribution in [0.4, 0.5) is 30.4 Å². The van der Waals surface area contributed by atoms with E-state index in [0.717, 1.165) is 18.2 Å². The second-order valence-electron chi connectivity index (χ2n) is 5.62. The van der Waals surface area contributed by atoms with Crippen molar-refractivity contribution in [3.05, 3.63) is 41.6 Å². The van der Waals surface area contributed by atoms with E-state index in [-0.39, 0.29) is 36.1 Å². The Morgan fingerprint density at radius 3 is 2.81 bits per heavy atom. The van der Waals surface area contributed by atoms with Gasteiger partial charge in [0, 0.05) is 6.20 Å². The summed E-state index contributed by atoms with van der Waals surface area (Å²) in [5, 5.41) is 7.75. The number of halogens is 3. The van der Waals surface area contributed by atoms with E-state index in [4.69, 9.17) is 4.74 Å². The summed E-state index contributed by atoms with van der Waals surface area (Å²) in [6, 6.07) is 4.22. The number of hydrogen-bond acceptors (Lipinski definition) is 5. The molecule has 0 radical (unpaired) electrons. The normalized spacial score (nSPS) is 13.3. The zero-order valence-corrected chi connectivity index (χ0v) is 14.1. The molecule has 0 saturated carbocycles. The average Bonchev–Trinajstić information content (AvgIpc) is 2.61. The molecule has 1 aromatic carbocycles. The molecule has 2 aromatic rings. The van der Waals surface area contributed by atoms with Crippen LogP contribution in [0.15, 0.2) is 30.5 Å². The molecule has 3 rings (SSSR count). The van der Waals surface area contributed by atoms with Crippen molar-refractivity contribution in [1.82, 2.24) is 4.98 Å². The van der Waals surface area contributed by atoms with Crippen LogP contribution in [0.2, 0.25) is 0 Å². The topological polar surface area (TPSA) is 92.3 Å². The second-order valence-corrected chi connectivity index (χ2v) is 5.62. The minimum Gasteiger partial charge on any atom is -0.492 e. The molecule has 0 atom stereocenters. The summed E-state index contributed by atoms with van der Waals surface area (Å²) in [7, 11) is 0. The molecule has 1 aliphatic heterocycles. The highest BCUT2D eigenvalue weighted by Crippen LogP contribution is 2.35. The van der Waals surface area contributed by atoms with Gasteiger partial charge in [0.05, 0.1) is 35.7 Å². The molecule has 0 spiro atoms. The number of aromatic nitrogens is 1. The number of ether oxygens (including phenoxy) is 1. The fourth-order valence-electron chi connectivity index (χ4n) is 2.46. The highest BCUT2D eigenvalue weighted by atomic mass is 19.4. The Hall–Kier alpha value is -3.30. The van der Waals surface area contributed by atoms with Gasteiger partial charge in [-0.25, -0.2) is 4.98 Å². The predicted octanol–water partition coefficient (Wildman–Crippen LogP) is 3.12. The molecule has 0 saturated heterocycles. The van der Waals surface area contributed by atoms with Gasteiger partial charge in [-0.3, -0.25) is 9.59 Å². The first-order valence-electron chi connectivity index (χ1n) is 7.97. The number of pyridine rings is 1. The Labute approximate surface area is 151 Å². The third-order valence-electron chi connectivity index (χ3n) is 3.70. The van der Waals surface area contributed by atoms with Gasteiger partial charge in [-0.1, -0.05) is 0 Å². The van der Waals surface area contributed by atoms with Crippen molar-refractivity contribution in [2.75, 3.05) is 29.1 Å². The van der Waals surface area contributed by atoms with Gasteiger partial charge in [-0.2, -0.15) is 13.2 Å². The highest BCUT2D eigenvalue weighted by molar-refractivity contribution is 6.07. The predicted molar refractivity (Wildman–Crippen MR) is 91.9 cm³/mol. The minimum atomic E-state index is -4.56. The van der Waals surface area contributed by atoms with Gasteiger partial charge in [0.15, 0.2) is 0 Å². The SMILES string of the molecule is CCOc1ccc(C(F)(F)F)cc1NC(=O)c1cnc2c(c1)NC(=O)CN2. The average molecular weight is 380 g/mol. The molecule has 0 aliphatic carbocycles. The molecule has 2 amide bonds. The molecule has 142 valence electrons. The van der Waals surface area contributed by atoms with E-state index in [1.54, 1.807) is 6.92 Å². The van der Waals surface area contributed by atoms with Crippen LogP contribution in [-0.2, 0) is 11.0 Å². The Balaban J connectivity index is 1.89. The van der Waals surface area contributed by atoms with Gasteiger partial charge in [-0.05, 0) is 31.2 Å². The van der Waals surface area contributed by atoms with E-state index in [1.807, 2.05) is 0 Å². The standard InChI is InChI=1S/C17H15F3N4O3/c1-2-27-13-4-3-10(17(18,19)20)6-11(13)24-16(26)9-5-12-15(21-7-9)22-8-14(25)23-12/h3-7H,2,8H2,1H3,(H,21,22)(H,23,25)(H,24,26). The highest BCUT2D eigenvalue weighted by Gasteiger charge is 2.31. The molecule has 7 nitrogen and oxygen atoms in total. The molecular weight excluding hydrogens is 365 g/mol. The number of nitrogens with one attached hydrogen (secondary N) is 3. The summed E-state index contributed by atoms with van der Waals surface area (Å²) in [6.07, 6.45) is -3.31. The summed E-state index contributed by atoms with van der Waals surface area (Å²) in [5.41, 5.74) is -0.650. The van der Waals surface area contributed by atoms with E-state index in [9.17, 15) is 22.8 Å². The monoisotopic (exact) mass is 380 g/mol. The Morgan fingerprint density at radius 2 is 2.11 bits per heavy atom. The van der Waals surface area contributed by atoms with Gasteiger partial charge >= 0.3 is 6.18 Å². The Kier molecular flexibility index (Phi) is 4.89. The number of anilines is 3. The van der Waals surface area contributed by atoms with Crippen molar-refractivity contribution in [2.24, 2.45) is 0 Å². The largest absolute Gasteiger partial charge is 0.492 e. The van der Waals surface area contributed by atoms with Gasteiger partial charge < -0.3 is 20.7 Å². The van der Waals surface area contributed by atoms with Gasteiger partial charge in [-0.15, -0.1) is 0 Å². The smallest absolute Gasteiger partial charge is 0.416 e. The Morgan fingerprint density at radius 1 is 1.33 bits per heavy atom. The number of alkyl halides is 3. The van der Waals surface area contributed by atoms with Crippen molar-refractivity contribution in [3.63, 3.8) is 0 Å². The molecule has 1 aliphatic rings. The molecule has 0 unspecified atom stereocenters. The molecule has 0 bridgehead atoms. The zero-order chi connectivity index (χ0) is 19.6. The number of carbonyl (C=O) groups excluding carboxylic acids is 2. The second kappa shape index (κ2) is 7.14. The maximum atomic E-state index is 13.0. The van der Waals surface area contributed by atoms with E-state index >= 15 is 0 Å². The molecule has 0 fully saturated rings. The first-order valence-corrected chi connectivity index (χ1v) is 7.97. The molecule has 3 N–H and O–H groups in total. The summed E-state index contributed by atoms with van der Waals surface area (Å²) >= 11 is 0. The first kappa shape index (κ1) is 18.5. The summed E-state index contributed by atoms with van der Waals surface area (Å²) in [5.74, 6) is -0.469. The third-order valence-corrected chi connectivity index (χ3v) is 3.70. The Bertz CT molecular complexity index is 899.